The molecule has 0 aliphatic carbocycles. The monoisotopic (exact) mass is 201 g/mol. The molecular formula is C8H12ClN3O. The van der Waals surface area contributed by atoms with Crippen LogP contribution in [0.15, 0.2) is 12.3 Å². The molecule has 0 spiro atoms. The van der Waals surface area contributed by atoms with Gasteiger partial charge in [-0.25, -0.2) is 4.98 Å². The minimum atomic E-state index is -0.637. The lowest BCUT2D eigenvalue weighted by Crippen LogP contribution is -2.23. The second-order valence-corrected chi connectivity index (χ2v) is 3.27. The van der Waals surface area contributed by atoms with Crippen molar-refractivity contribution in [3.63, 3.8) is 0 Å². The highest BCUT2D eigenvalue weighted by molar-refractivity contribution is 6.31. The standard InChI is InChI=1S/C8H12ClN3O/c1-4(13)7(11)5-2-6(10)8(9)12-3-5/h2-4,7,13H,10-11H2,1H3/t4-,7-/m1/s1. The number of aromatic nitrogens is 1. The van der Waals surface area contributed by atoms with E-state index in [4.69, 9.17) is 23.1 Å². The van der Waals surface area contributed by atoms with E-state index in [0.717, 1.165) is 0 Å². The fraction of sp³-hybridized carbons (Fsp3) is 0.375. The van der Waals surface area contributed by atoms with Gasteiger partial charge in [0.25, 0.3) is 0 Å². The van der Waals surface area contributed by atoms with Crippen molar-refractivity contribution in [2.45, 2.75) is 19.1 Å². The Kier molecular flexibility index (Phi) is 3.08. The van der Waals surface area contributed by atoms with E-state index in [0.29, 0.717) is 11.3 Å². The first-order valence-electron chi connectivity index (χ1n) is 3.87. The molecule has 1 rings (SSSR count). The van der Waals surface area contributed by atoms with Crippen molar-refractivity contribution in [1.29, 1.82) is 0 Å². The van der Waals surface area contributed by atoms with Gasteiger partial charge in [0.1, 0.15) is 0 Å². The van der Waals surface area contributed by atoms with Gasteiger partial charge in [0.2, 0.25) is 0 Å². The number of hydrogen-bond acceptors (Lipinski definition) is 4. The SMILES string of the molecule is C[C@@H](O)[C@@H](N)c1cnc(Cl)c(N)c1. The Morgan fingerprint density at radius 3 is 2.69 bits per heavy atom. The average Bonchev–Trinajstić information content (AvgIpc) is 2.08. The van der Waals surface area contributed by atoms with Crippen LogP contribution >= 0.6 is 11.6 Å². The highest BCUT2D eigenvalue weighted by Gasteiger charge is 2.13. The van der Waals surface area contributed by atoms with E-state index in [1.54, 1.807) is 13.0 Å². The van der Waals surface area contributed by atoms with E-state index in [2.05, 4.69) is 4.98 Å². The zero-order chi connectivity index (χ0) is 10.0. The Hall–Kier alpha value is -0.840. The molecule has 0 unspecified atom stereocenters. The van der Waals surface area contributed by atoms with Crippen LogP contribution in [0, 0.1) is 0 Å². The number of nitrogens with zero attached hydrogens (tertiary/aromatic N) is 1. The van der Waals surface area contributed by atoms with Crippen LogP contribution in [-0.4, -0.2) is 16.2 Å². The molecule has 13 heavy (non-hydrogen) atoms. The maximum Gasteiger partial charge on any atom is 0.151 e. The van der Waals surface area contributed by atoms with Gasteiger partial charge in [-0.2, -0.15) is 0 Å². The van der Waals surface area contributed by atoms with Crippen LogP contribution in [0.25, 0.3) is 0 Å². The summed E-state index contributed by atoms with van der Waals surface area (Å²) in [4.78, 5) is 3.83. The highest BCUT2D eigenvalue weighted by Crippen LogP contribution is 2.20. The Balaban J connectivity index is 2.97. The van der Waals surface area contributed by atoms with E-state index in [1.807, 2.05) is 0 Å². The summed E-state index contributed by atoms with van der Waals surface area (Å²) in [6.07, 6.45) is 0.873. The van der Waals surface area contributed by atoms with Gasteiger partial charge in [-0.3, -0.25) is 0 Å². The third-order valence-electron chi connectivity index (χ3n) is 1.79. The Bertz CT molecular complexity index is 303. The number of aliphatic hydroxyl groups excluding tert-OH is 1. The van der Waals surface area contributed by atoms with Gasteiger partial charge in [0, 0.05) is 6.20 Å². The van der Waals surface area contributed by atoms with E-state index >= 15 is 0 Å². The van der Waals surface area contributed by atoms with Crippen molar-refractivity contribution < 1.29 is 5.11 Å². The topological polar surface area (TPSA) is 85.2 Å². The predicted molar refractivity (Wildman–Crippen MR) is 52.3 cm³/mol. The number of nitrogens with two attached hydrogens (primary N) is 2. The Morgan fingerprint density at radius 2 is 2.23 bits per heavy atom. The molecular weight excluding hydrogens is 190 g/mol. The van der Waals surface area contributed by atoms with Gasteiger partial charge >= 0.3 is 0 Å². The summed E-state index contributed by atoms with van der Waals surface area (Å²) >= 11 is 5.63. The van der Waals surface area contributed by atoms with E-state index < -0.39 is 12.1 Å². The molecule has 0 radical (unpaired) electrons. The molecule has 2 atom stereocenters. The fourth-order valence-electron chi connectivity index (χ4n) is 0.943. The molecule has 0 aliphatic heterocycles. The molecule has 4 nitrogen and oxygen atoms in total. The first kappa shape index (κ1) is 10.2. The number of aliphatic hydroxyl groups is 1. The maximum atomic E-state index is 9.21. The normalized spacial score (nSPS) is 15.4. The summed E-state index contributed by atoms with van der Waals surface area (Å²) in [5.74, 6) is 0. The van der Waals surface area contributed by atoms with Crippen LogP contribution in [0.1, 0.15) is 18.5 Å². The fourth-order valence-corrected chi connectivity index (χ4v) is 1.05. The third kappa shape index (κ3) is 2.30. The molecule has 0 saturated heterocycles. The van der Waals surface area contributed by atoms with Gasteiger partial charge in [0.15, 0.2) is 5.15 Å². The molecule has 0 amide bonds. The summed E-state index contributed by atoms with van der Waals surface area (Å²) < 4.78 is 0. The number of halogens is 1. The van der Waals surface area contributed by atoms with Crippen molar-refractivity contribution in [1.82, 2.24) is 4.98 Å². The molecule has 0 aromatic carbocycles. The minimum absolute atomic E-state index is 0.251. The second kappa shape index (κ2) is 3.91. The maximum absolute atomic E-state index is 9.21. The van der Waals surface area contributed by atoms with Crippen LogP contribution in [0.4, 0.5) is 5.69 Å². The van der Waals surface area contributed by atoms with E-state index in [1.165, 1.54) is 6.20 Å². The summed E-state index contributed by atoms with van der Waals surface area (Å²) in [5, 5.41) is 9.46. The van der Waals surface area contributed by atoms with Gasteiger partial charge in [-0.05, 0) is 18.6 Å². The summed E-state index contributed by atoms with van der Waals surface area (Å²) in [5.41, 5.74) is 12.2. The first-order valence-corrected chi connectivity index (χ1v) is 4.24. The molecule has 0 saturated carbocycles. The van der Waals surface area contributed by atoms with Crippen LogP contribution in [-0.2, 0) is 0 Å². The van der Waals surface area contributed by atoms with Gasteiger partial charge < -0.3 is 16.6 Å². The lowest BCUT2D eigenvalue weighted by atomic mass is 10.1. The summed E-state index contributed by atoms with van der Waals surface area (Å²) in [6.45, 7) is 1.61. The molecule has 5 N–H and O–H groups in total. The third-order valence-corrected chi connectivity index (χ3v) is 2.11. The molecule has 72 valence electrons. The van der Waals surface area contributed by atoms with Crippen molar-refractivity contribution in [2.24, 2.45) is 5.73 Å². The molecule has 0 bridgehead atoms. The number of hydrogen-bond donors (Lipinski definition) is 3. The molecule has 1 heterocycles. The zero-order valence-corrected chi connectivity index (χ0v) is 7.99. The number of anilines is 1. The quantitative estimate of drug-likeness (QED) is 0.615. The first-order chi connectivity index (χ1) is 6.02. The smallest absolute Gasteiger partial charge is 0.151 e. The Labute approximate surface area is 81.5 Å². The van der Waals surface area contributed by atoms with Gasteiger partial charge in [-0.1, -0.05) is 11.6 Å². The number of rotatable bonds is 2. The minimum Gasteiger partial charge on any atom is -0.396 e. The highest BCUT2D eigenvalue weighted by atomic mass is 35.5. The number of nitrogen functional groups attached to an aromatic ring is 1. The summed E-state index contributed by atoms with van der Waals surface area (Å²) in [6, 6.07) is 1.14. The second-order valence-electron chi connectivity index (χ2n) is 2.92. The van der Waals surface area contributed by atoms with Crippen molar-refractivity contribution in [3.05, 3.63) is 23.0 Å². The van der Waals surface area contributed by atoms with Crippen molar-refractivity contribution in [3.8, 4) is 0 Å². The van der Waals surface area contributed by atoms with Crippen LogP contribution in [0.5, 0.6) is 0 Å². The van der Waals surface area contributed by atoms with Gasteiger partial charge in [0.05, 0.1) is 17.8 Å². The lowest BCUT2D eigenvalue weighted by Gasteiger charge is -2.14. The largest absolute Gasteiger partial charge is 0.396 e. The van der Waals surface area contributed by atoms with E-state index in [-0.39, 0.29) is 5.15 Å². The molecule has 1 aromatic heterocycles. The lowest BCUT2D eigenvalue weighted by molar-refractivity contribution is 0.164. The van der Waals surface area contributed by atoms with Gasteiger partial charge in [-0.15, -0.1) is 0 Å². The molecule has 1 aromatic rings. The van der Waals surface area contributed by atoms with Crippen molar-refractivity contribution >= 4 is 17.3 Å². The molecule has 0 fully saturated rings. The summed E-state index contributed by atoms with van der Waals surface area (Å²) in [7, 11) is 0. The molecule has 5 heteroatoms. The molecule has 0 aliphatic rings. The van der Waals surface area contributed by atoms with E-state index in [9.17, 15) is 5.11 Å². The number of pyridine rings is 1. The predicted octanol–water partition coefficient (Wildman–Crippen LogP) is 0.698. The van der Waals surface area contributed by atoms with Crippen LogP contribution in [0.3, 0.4) is 0 Å². The average molecular weight is 202 g/mol. The Morgan fingerprint density at radius 1 is 1.62 bits per heavy atom. The zero-order valence-electron chi connectivity index (χ0n) is 7.24. The van der Waals surface area contributed by atoms with Crippen molar-refractivity contribution in [2.75, 3.05) is 5.73 Å². The van der Waals surface area contributed by atoms with Crippen LogP contribution < -0.4 is 11.5 Å². The van der Waals surface area contributed by atoms with Crippen LogP contribution in [0.2, 0.25) is 5.15 Å².